The summed E-state index contributed by atoms with van der Waals surface area (Å²) in [5, 5.41) is 6.75. The zero-order chi connectivity index (χ0) is 18.5. The van der Waals surface area contributed by atoms with Gasteiger partial charge in [-0.3, -0.25) is 0 Å². The summed E-state index contributed by atoms with van der Waals surface area (Å²) in [5.41, 5.74) is 1.39. The SMILES string of the molecule is COc1cccc(NC(=O)N[C@H](C)Cc2cc3ccccc3o2)c1OC. The van der Waals surface area contributed by atoms with Gasteiger partial charge in [-0.05, 0) is 31.2 Å². The first kappa shape index (κ1) is 17.7. The molecule has 1 atom stereocenters. The molecule has 0 saturated heterocycles. The number of furan rings is 1. The molecule has 26 heavy (non-hydrogen) atoms. The Morgan fingerprint density at radius 2 is 1.92 bits per heavy atom. The van der Waals surface area contributed by atoms with E-state index in [1.165, 1.54) is 7.11 Å². The summed E-state index contributed by atoms with van der Waals surface area (Å²) in [5.74, 6) is 1.87. The molecule has 136 valence electrons. The molecular weight excluding hydrogens is 332 g/mol. The molecule has 0 fully saturated rings. The van der Waals surface area contributed by atoms with Crippen LogP contribution in [0.15, 0.2) is 52.9 Å². The number of fused-ring (bicyclic) bond motifs is 1. The van der Waals surface area contributed by atoms with Gasteiger partial charge in [0.25, 0.3) is 0 Å². The van der Waals surface area contributed by atoms with Crippen molar-refractivity contribution < 1.29 is 18.7 Å². The minimum atomic E-state index is -0.319. The normalized spacial score (nSPS) is 11.8. The van der Waals surface area contributed by atoms with E-state index in [0.717, 1.165) is 16.7 Å². The second kappa shape index (κ2) is 7.82. The summed E-state index contributed by atoms with van der Waals surface area (Å²) in [7, 11) is 3.09. The van der Waals surface area contributed by atoms with Gasteiger partial charge in [-0.2, -0.15) is 0 Å². The van der Waals surface area contributed by atoms with Gasteiger partial charge < -0.3 is 24.5 Å². The number of methoxy groups -OCH3 is 2. The van der Waals surface area contributed by atoms with Gasteiger partial charge in [0.15, 0.2) is 11.5 Å². The smallest absolute Gasteiger partial charge is 0.319 e. The van der Waals surface area contributed by atoms with Crippen LogP contribution in [0.2, 0.25) is 0 Å². The monoisotopic (exact) mass is 354 g/mol. The van der Waals surface area contributed by atoms with Crippen LogP contribution in [0.1, 0.15) is 12.7 Å². The van der Waals surface area contributed by atoms with E-state index < -0.39 is 0 Å². The molecule has 0 radical (unpaired) electrons. The molecule has 0 saturated carbocycles. The minimum Gasteiger partial charge on any atom is -0.493 e. The second-order valence-corrected chi connectivity index (χ2v) is 6.00. The Morgan fingerprint density at radius 1 is 1.12 bits per heavy atom. The van der Waals surface area contributed by atoms with E-state index in [2.05, 4.69) is 10.6 Å². The zero-order valence-electron chi connectivity index (χ0n) is 15.0. The molecule has 0 aliphatic rings. The number of nitrogens with one attached hydrogen (secondary N) is 2. The lowest BCUT2D eigenvalue weighted by Crippen LogP contribution is -2.37. The van der Waals surface area contributed by atoms with Crippen LogP contribution < -0.4 is 20.1 Å². The molecule has 0 bridgehead atoms. The van der Waals surface area contributed by atoms with Gasteiger partial charge in [-0.15, -0.1) is 0 Å². The highest BCUT2D eigenvalue weighted by molar-refractivity contribution is 5.91. The predicted molar refractivity (Wildman–Crippen MR) is 101 cm³/mol. The Kier molecular flexibility index (Phi) is 5.31. The number of carbonyl (C=O) groups excluding carboxylic acids is 1. The first-order valence-corrected chi connectivity index (χ1v) is 8.36. The fourth-order valence-electron chi connectivity index (χ4n) is 2.86. The highest BCUT2D eigenvalue weighted by Crippen LogP contribution is 2.34. The summed E-state index contributed by atoms with van der Waals surface area (Å²) in [6.45, 7) is 1.93. The van der Waals surface area contributed by atoms with Crippen molar-refractivity contribution in [2.24, 2.45) is 0 Å². The first-order chi connectivity index (χ1) is 12.6. The molecule has 3 aromatic rings. The molecule has 0 aliphatic heterocycles. The number of anilines is 1. The molecule has 6 nitrogen and oxygen atoms in total. The molecule has 6 heteroatoms. The number of hydrogen-bond acceptors (Lipinski definition) is 4. The van der Waals surface area contributed by atoms with Crippen LogP contribution in [0, 0.1) is 0 Å². The third-order valence-corrected chi connectivity index (χ3v) is 4.01. The van der Waals surface area contributed by atoms with Gasteiger partial charge in [0, 0.05) is 17.8 Å². The van der Waals surface area contributed by atoms with E-state index in [4.69, 9.17) is 13.9 Å². The van der Waals surface area contributed by atoms with Crippen molar-refractivity contribution in [2.75, 3.05) is 19.5 Å². The van der Waals surface area contributed by atoms with E-state index in [9.17, 15) is 4.79 Å². The summed E-state index contributed by atoms with van der Waals surface area (Å²) in [6, 6.07) is 14.7. The van der Waals surface area contributed by atoms with Crippen molar-refractivity contribution in [3.8, 4) is 11.5 Å². The number of urea groups is 1. The van der Waals surface area contributed by atoms with Gasteiger partial charge >= 0.3 is 6.03 Å². The van der Waals surface area contributed by atoms with Crippen LogP contribution in [0.5, 0.6) is 11.5 Å². The van der Waals surface area contributed by atoms with E-state index >= 15 is 0 Å². The number of hydrogen-bond donors (Lipinski definition) is 2. The lowest BCUT2D eigenvalue weighted by Gasteiger charge is -2.16. The van der Waals surface area contributed by atoms with Crippen molar-refractivity contribution >= 4 is 22.7 Å². The van der Waals surface area contributed by atoms with E-state index in [0.29, 0.717) is 23.6 Å². The zero-order valence-corrected chi connectivity index (χ0v) is 15.0. The Morgan fingerprint density at radius 3 is 2.65 bits per heavy atom. The van der Waals surface area contributed by atoms with Crippen molar-refractivity contribution in [1.29, 1.82) is 0 Å². The molecule has 0 unspecified atom stereocenters. The fraction of sp³-hybridized carbons (Fsp3) is 0.250. The number of rotatable bonds is 6. The van der Waals surface area contributed by atoms with E-state index in [-0.39, 0.29) is 12.1 Å². The maximum Gasteiger partial charge on any atom is 0.319 e. The number of para-hydroxylation sites is 2. The molecule has 1 aromatic heterocycles. The van der Waals surface area contributed by atoms with Crippen LogP contribution in [0.25, 0.3) is 11.0 Å². The van der Waals surface area contributed by atoms with Gasteiger partial charge in [0.1, 0.15) is 11.3 Å². The third-order valence-electron chi connectivity index (χ3n) is 4.01. The molecule has 2 amide bonds. The fourth-order valence-corrected chi connectivity index (χ4v) is 2.86. The quantitative estimate of drug-likeness (QED) is 0.696. The number of carbonyl (C=O) groups is 1. The molecule has 0 spiro atoms. The minimum absolute atomic E-state index is 0.104. The molecule has 1 heterocycles. The largest absolute Gasteiger partial charge is 0.493 e. The Labute approximate surface area is 152 Å². The Hall–Kier alpha value is -3.15. The first-order valence-electron chi connectivity index (χ1n) is 8.36. The van der Waals surface area contributed by atoms with Gasteiger partial charge in [0.2, 0.25) is 0 Å². The van der Waals surface area contributed by atoms with Crippen molar-refractivity contribution in [3.63, 3.8) is 0 Å². The number of amides is 2. The summed E-state index contributed by atoms with van der Waals surface area (Å²) < 4.78 is 16.4. The highest BCUT2D eigenvalue weighted by Gasteiger charge is 2.15. The van der Waals surface area contributed by atoms with Crippen LogP contribution in [0.3, 0.4) is 0 Å². The van der Waals surface area contributed by atoms with Crippen molar-refractivity contribution in [2.45, 2.75) is 19.4 Å². The average Bonchev–Trinajstić information content (AvgIpc) is 3.03. The highest BCUT2D eigenvalue weighted by atomic mass is 16.5. The number of benzene rings is 2. The summed E-state index contributed by atoms with van der Waals surface area (Å²) >= 11 is 0. The van der Waals surface area contributed by atoms with Crippen LogP contribution in [-0.2, 0) is 6.42 Å². The molecule has 3 rings (SSSR count). The molecule has 0 aliphatic carbocycles. The lowest BCUT2D eigenvalue weighted by atomic mass is 10.2. The third kappa shape index (κ3) is 3.91. The molecule has 2 aromatic carbocycles. The van der Waals surface area contributed by atoms with E-state index in [1.807, 2.05) is 37.3 Å². The Bertz CT molecular complexity index is 871. The second-order valence-electron chi connectivity index (χ2n) is 6.00. The van der Waals surface area contributed by atoms with Crippen LogP contribution in [0.4, 0.5) is 10.5 Å². The number of ether oxygens (including phenoxy) is 2. The maximum absolute atomic E-state index is 12.3. The van der Waals surface area contributed by atoms with Crippen molar-refractivity contribution in [3.05, 3.63) is 54.3 Å². The average molecular weight is 354 g/mol. The van der Waals surface area contributed by atoms with Gasteiger partial charge in [-0.1, -0.05) is 24.3 Å². The van der Waals surface area contributed by atoms with Gasteiger partial charge in [-0.25, -0.2) is 4.79 Å². The van der Waals surface area contributed by atoms with Crippen LogP contribution >= 0.6 is 0 Å². The Balaban J connectivity index is 1.62. The van der Waals surface area contributed by atoms with Crippen molar-refractivity contribution in [1.82, 2.24) is 5.32 Å². The summed E-state index contributed by atoms with van der Waals surface area (Å²) in [6.07, 6.45) is 0.595. The summed E-state index contributed by atoms with van der Waals surface area (Å²) in [4.78, 5) is 12.3. The lowest BCUT2D eigenvalue weighted by molar-refractivity contribution is 0.248. The van der Waals surface area contributed by atoms with Crippen LogP contribution in [-0.4, -0.2) is 26.3 Å². The molecule has 2 N–H and O–H groups in total. The maximum atomic E-state index is 12.3. The van der Waals surface area contributed by atoms with E-state index in [1.54, 1.807) is 25.3 Å². The standard InChI is InChI=1S/C20H22N2O4/c1-13(11-15-12-14-7-4-5-9-17(14)26-15)21-20(23)22-16-8-6-10-18(24-2)19(16)25-3/h4-10,12-13H,11H2,1-3H3,(H2,21,22,23)/t13-/m1/s1. The predicted octanol–water partition coefficient (Wildman–Crippen LogP) is 4.20. The molecular formula is C20H22N2O4. The van der Waals surface area contributed by atoms with Gasteiger partial charge in [0.05, 0.1) is 19.9 Å². The topological polar surface area (TPSA) is 72.7 Å².